The molecule has 2 atom stereocenters. The van der Waals surface area contributed by atoms with Crippen LogP contribution in [-0.4, -0.2) is 36.5 Å². The molecule has 0 aromatic carbocycles. The van der Waals surface area contributed by atoms with Gasteiger partial charge in [-0.1, -0.05) is 6.92 Å². The summed E-state index contributed by atoms with van der Waals surface area (Å²) in [6, 6.07) is 1.83. The highest BCUT2D eigenvalue weighted by atomic mass is 35.5. The first-order valence-corrected chi connectivity index (χ1v) is 7.39. The standard InChI is InChI=1S/C15H25N3O2.2ClH/c1-11-4-3-5-18(8-11)9-12(2)17-15(19)13-6-14(7-16)20-10-13;;/h6,10-12H,3-5,7-9,16H2,1-2H3,(H,17,19);2*1H. The Balaban J connectivity index is 0.00000220. The maximum Gasteiger partial charge on any atom is 0.254 e. The molecule has 0 saturated carbocycles. The Bertz CT molecular complexity index is 454. The van der Waals surface area contributed by atoms with Crippen molar-refractivity contribution >= 4 is 30.7 Å². The first kappa shape index (κ1) is 21.2. The normalized spacial score (nSPS) is 19.7. The summed E-state index contributed by atoms with van der Waals surface area (Å²) < 4.78 is 5.18. The van der Waals surface area contributed by atoms with E-state index in [1.54, 1.807) is 6.07 Å². The molecular weight excluding hydrogens is 325 g/mol. The molecule has 1 aromatic heterocycles. The van der Waals surface area contributed by atoms with Crippen LogP contribution in [0.4, 0.5) is 0 Å². The number of nitrogens with one attached hydrogen (secondary N) is 1. The summed E-state index contributed by atoms with van der Waals surface area (Å²) in [5.74, 6) is 1.30. The van der Waals surface area contributed by atoms with Gasteiger partial charge in [0.15, 0.2) is 0 Å². The van der Waals surface area contributed by atoms with Crippen molar-refractivity contribution in [1.29, 1.82) is 0 Å². The second kappa shape index (κ2) is 10.1. The number of hydrogen-bond acceptors (Lipinski definition) is 4. The van der Waals surface area contributed by atoms with Gasteiger partial charge in [0.1, 0.15) is 12.0 Å². The molecule has 0 spiro atoms. The highest BCUT2D eigenvalue weighted by molar-refractivity contribution is 5.94. The third-order valence-corrected chi connectivity index (χ3v) is 3.77. The van der Waals surface area contributed by atoms with Gasteiger partial charge in [-0.05, 0) is 38.3 Å². The number of amides is 1. The van der Waals surface area contributed by atoms with Crippen LogP contribution in [-0.2, 0) is 6.54 Å². The average Bonchev–Trinajstić information content (AvgIpc) is 2.87. The van der Waals surface area contributed by atoms with E-state index < -0.39 is 0 Å². The van der Waals surface area contributed by atoms with Gasteiger partial charge in [-0.25, -0.2) is 0 Å². The van der Waals surface area contributed by atoms with Crippen molar-refractivity contribution in [1.82, 2.24) is 10.2 Å². The Labute approximate surface area is 144 Å². The van der Waals surface area contributed by atoms with E-state index in [2.05, 4.69) is 17.1 Å². The van der Waals surface area contributed by atoms with Crippen molar-refractivity contribution in [2.45, 2.75) is 39.3 Å². The van der Waals surface area contributed by atoms with Crippen LogP contribution in [0.3, 0.4) is 0 Å². The van der Waals surface area contributed by atoms with Crippen molar-refractivity contribution in [2.24, 2.45) is 11.7 Å². The number of rotatable bonds is 5. The number of likely N-dealkylation sites (tertiary alicyclic amines) is 1. The molecule has 0 aliphatic carbocycles. The predicted molar refractivity (Wildman–Crippen MR) is 92.9 cm³/mol. The Hall–Kier alpha value is -0.750. The molecule has 0 bridgehead atoms. The lowest BCUT2D eigenvalue weighted by atomic mass is 10.00. The quantitative estimate of drug-likeness (QED) is 0.854. The van der Waals surface area contributed by atoms with Gasteiger partial charge in [0.05, 0.1) is 12.1 Å². The first-order valence-electron chi connectivity index (χ1n) is 7.39. The molecule has 1 aliphatic heterocycles. The average molecular weight is 352 g/mol. The van der Waals surface area contributed by atoms with E-state index in [0.29, 0.717) is 17.9 Å². The molecule has 5 nitrogen and oxygen atoms in total. The zero-order valence-corrected chi connectivity index (χ0v) is 14.8. The maximum atomic E-state index is 12.1. The molecule has 7 heteroatoms. The Morgan fingerprint density at radius 2 is 2.27 bits per heavy atom. The zero-order valence-electron chi connectivity index (χ0n) is 13.2. The zero-order chi connectivity index (χ0) is 14.5. The van der Waals surface area contributed by atoms with E-state index in [0.717, 1.165) is 25.6 Å². The first-order chi connectivity index (χ1) is 9.58. The van der Waals surface area contributed by atoms with E-state index in [1.807, 2.05) is 6.92 Å². The largest absolute Gasteiger partial charge is 0.467 e. The van der Waals surface area contributed by atoms with Crippen LogP contribution in [0.5, 0.6) is 0 Å². The fourth-order valence-corrected chi connectivity index (χ4v) is 2.80. The van der Waals surface area contributed by atoms with Gasteiger partial charge in [0.2, 0.25) is 0 Å². The minimum Gasteiger partial charge on any atom is -0.467 e. The van der Waals surface area contributed by atoms with Gasteiger partial charge in [0, 0.05) is 19.1 Å². The van der Waals surface area contributed by atoms with E-state index >= 15 is 0 Å². The fourth-order valence-electron chi connectivity index (χ4n) is 2.80. The second-order valence-corrected chi connectivity index (χ2v) is 5.89. The summed E-state index contributed by atoms with van der Waals surface area (Å²) in [6.45, 7) is 7.80. The van der Waals surface area contributed by atoms with Gasteiger partial charge in [0.25, 0.3) is 5.91 Å². The number of carbonyl (C=O) groups is 1. The van der Waals surface area contributed by atoms with Crippen LogP contribution >= 0.6 is 24.8 Å². The van der Waals surface area contributed by atoms with Gasteiger partial charge >= 0.3 is 0 Å². The molecule has 2 rings (SSSR count). The second-order valence-electron chi connectivity index (χ2n) is 5.89. The highest BCUT2D eigenvalue weighted by Gasteiger charge is 2.19. The number of furan rings is 1. The fraction of sp³-hybridized carbons (Fsp3) is 0.667. The highest BCUT2D eigenvalue weighted by Crippen LogP contribution is 2.15. The van der Waals surface area contributed by atoms with Crippen molar-refractivity contribution in [3.05, 3.63) is 23.7 Å². The van der Waals surface area contributed by atoms with Gasteiger partial charge in [-0.15, -0.1) is 24.8 Å². The minimum atomic E-state index is -0.0917. The van der Waals surface area contributed by atoms with E-state index in [1.165, 1.54) is 19.1 Å². The SMILES string of the molecule is CC1CCCN(CC(C)NC(=O)c2coc(CN)c2)C1.Cl.Cl. The maximum absolute atomic E-state index is 12.1. The van der Waals surface area contributed by atoms with Crippen molar-refractivity contribution in [2.75, 3.05) is 19.6 Å². The van der Waals surface area contributed by atoms with Crippen LogP contribution in [0.1, 0.15) is 42.8 Å². The summed E-state index contributed by atoms with van der Waals surface area (Å²) >= 11 is 0. The molecule has 1 aliphatic rings. The van der Waals surface area contributed by atoms with Crippen LogP contribution in [0.25, 0.3) is 0 Å². The van der Waals surface area contributed by atoms with Crippen LogP contribution in [0.15, 0.2) is 16.7 Å². The number of piperidine rings is 1. The lowest BCUT2D eigenvalue weighted by molar-refractivity contribution is 0.0919. The summed E-state index contributed by atoms with van der Waals surface area (Å²) in [6.07, 6.45) is 4.03. The van der Waals surface area contributed by atoms with Crippen LogP contribution < -0.4 is 11.1 Å². The summed E-state index contributed by atoms with van der Waals surface area (Å²) in [4.78, 5) is 14.5. The predicted octanol–water partition coefficient (Wildman–Crippen LogP) is 2.43. The van der Waals surface area contributed by atoms with Crippen molar-refractivity contribution in [3.8, 4) is 0 Å². The molecule has 0 radical (unpaired) electrons. The number of nitrogens with zero attached hydrogens (tertiary/aromatic N) is 1. The summed E-state index contributed by atoms with van der Waals surface area (Å²) in [5.41, 5.74) is 6.01. The summed E-state index contributed by atoms with van der Waals surface area (Å²) in [5, 5.41) is 3.01. The Kier molecular flexibility index (Phi) is 9.76. The van der Waals surface area contributed by atoms with E-state index in [9.17, 15) is 4.79 Å². The van der Waals surface area contributed by atoms with Gasteiger partial charge in [-0.3, -0.25) is 4.79 Å². The Morgan fingerprint density at radius 3 is 2.86 bits per heavy atom. The molecular formula is C15H27Cl2N3O2. The lowest BCUT2D eigenvalue weighted by Crippen LogP contribution is -2.45. The number of nitrogens with two attached hydrogens (primary N) is 1. The molecule has 1 aromatic rings. The molecule has 1 fully saturated rings. The molecule has 3 N–H and O–H groups in total. The van der Waals surface area contributed by atoms with Crippen molar-refractivity contribution < 1.29 is 9.21 Å². The molecule has 2 heterocycles. The molecule has 128 valence electrons. The molecule has 2 unspecified atom stereocenters. The van der Waals surface area contributed by atoms with E-state index in [-0.39, 0.29) is 36.8 Å². The van der Waals surface area contributed by atoms with Crippen LogP contribution in [0, 0.1) is 5.92 Å². The Morgan fingerprint density at radius 1 is 1.55 bits per heavy atom. The third-order valence-electron chi connectivity index (χ3n) is 3.77. The van der Waals surface area contributed by atoms with Gasteiger partial charge < -0.3 is 20.4 Å². The van der Waals surface area contributed by atoms with Gasteiger partial charge in [-0.2, -0.15) is 0 Å². The number of hydrogen-bond donors (Lipinski definition) is 2. The minimum absolute atomic E-state index is 0. The monoisotopic (exact) mass is 351 g/mol. The number of halogens is 2. The third kappa shape index (κ3) is 6.16. The molecule has 1 amide bonds. The van der Waals surface area contributed by atoms with Crippen molar-refractivity contribution in [3.63, 3.8) is 0 Å². The lowest BCUT2D eigenvalue weighted by Gasteiger charge is -2.32. The van der Waals surface area contributed by atoms with Crippen LogP contribution in [0.2, 0.25) is 0 Å². The molecule has 1 saturated heterocycles. The smallest absolute Gasteiger partial charge is 0.254 e. The number of carbonyl (C=O) groups excluding carboxylic acids is 1. The van der Waals surface area contributed by atoms with E-state index in [4.69, 9.17) is 10.2 Å². The summed E-state index contributed by atoms with van der Waals surface area (Å²) in [7, 11) is 0. The molecule has 22 heavy (non-hydrogen) atoms. The topological polar surface area (TPSA) is 71.5 Å².